The van der Waals surface area contributed by atoms with Crippen molar-refractivity contribution in [3.8, 4) is 0 Å². The van der Waals surface area contributed by atoms with Gasteiger partial charge in [0, 0.05) is 28.4 Å². The highest BCUT2D eigenvalue weighted by molar-refractivity contribution is 6.30. The number of hydrogen-bond acceptors (Lipinski definition) is 2. The number of carbonyl (C=O) groups excluding carboxylic acids is 2. The molecule has 0 radical (unpaired) electrons. The molecule has 1 fully saturated rings. The molecule has 0 aliphatic carbocycles. The summed E-state index contributed by atoms with van der Waals surface area (Å²) in [7, 11) is 0. The minimum absolute atomic E-state index is 0.0127. The summed E-state index contributed by atoms with van der Waals surface area (Å²) in [5.41, 5.74) is 2.00. The van der Waals surface area contributed by atoms with E-state index in [-0.39, 0.29) is 29.7 Å². The molecule has 6 heteroatoms. The van der Waals surface area contributed by atoms with Gasteiger partial charge < -0.3 is 10.2 Å². The third kappa shape index (κ3) is 5.19. The quantitative estimate of drug-likeness (QED) is 0.467. The molecule has 0 aromatic heterocycles. The fourth-order valence-electron chi connectivity index (χ4n) is 4.73. The smallest absolute Gasteiger partial charge is 0.242 e. The number of likely N-dealkylation sites (tertiary alicyclic amines) is 1. The first-order valence-electron chi connectivity index (χ1n) is 11.1. The highest BCUT2D eigenvalue weighted by atomic mass is 35.5. The highest BCUT2D eigenvalue weighted by Crippen LogP contribution is 2.47. The average molecular weight is 473 g/mol. The minimum atomic E-state index is -0.572. The molecule has 1 N–H and O–H groups in total. The molecule has 1 aliphatic heterocycles. The van der Waals surface area contributed by atoms with Crippen LogP contribution in [0.25, 0.3) is 0 Å². The molecule has 0 spiro atoms. The second-order valence-corrected chi connectivity index (χ2v) is 9.05. The first-order chi connectivity index (χ1) is 15.4. The molecule has 1 aliphatic rings. The van der Waals surface area contributed by atoms with Crippen molar-refractivity contribution in [1.29, 1.82) is 0 Å². The summed E-state index contributed by atoms with van der Waals surface area (Å²) in [6, 6.07) is 14.5. The van der Waals surface area contributed by atoms with E-state index in [1.54, 1.807) is 11.0 Å². The van der Waals surface area contributed by atoms with Gasteiger partial charge in [0.05, 0.1) is 6.04 Å². The van der Waals surface area contributed by atoms with Gasteiger partial charge in [-0.05, 0) is 61.6 Å². The maximum absolute atomic E-state index is 13.8. The van der Waals surface area contributed by atoms with Crippen LogP contribution in [0.5, 0.6) is 0 Å². The number of allylic oxidation sites excluding steroid dienone is 1. The summed E-state index contributed by atoms with van der Waals surface area (Å²) in [5.74, 6) is -0.419. The first-order valence-corrected chi connectivity index (χ1v) is 11.9. The van der Waals surface area contributed by atoms with E-state index in [0.717, 1.165) is 11.1 Å². The molecule has 2 amide bonds. The molecular formula is C26H30Cl2N2O2. The van der Waals surface area contributed by atoms with E-state index in [2.05, 4.69) is 11.9 Å². The van der Waals surface area contributed by atoms with Gasteiger partial charge in [-0.2, -0.15) is 0 Å². The van der Waals surface area contributed by atoms with E-state index in [1.165, 1.54) is 0 Å². The van der Waals surface area contributed by atoms with Crippen molar-refractivity contribution in [3.63, 3.8) is 0 Å². The van der Waals surface area contributed by atoms with Crippen LogP contribution in [-0.4, -0.2) is 29.3 Å². The van der Waals surface area contributed by atoms with Gasteiger partial charge in [0.2, 0.25) is 11.8 Å². The number of carbonyl (C=O) groups is 2. The number of likely N-dealkylation sites (N-methyl/N-ethyl adjacent to an activating group) is 1. The van der Waals surface area contributed by atoms with Crippen molar-refractivity contribution in [2.45, 2.75) is 51.1 Å². The zero-order chi connectivity index (χ0) is 23.3. The second-order valence-electron chi connectivity index (χ2n) is 8.18. The summed E-state index contributed by atoms with van der Waals surface area (Å²) in [4.78, 5) is 28.6. The van der Waals surface area contributed by atoms with E-state index >= 15 is 0 Å². The first kappa shape index (κ1) is 24.3. The average Bonchev–Trinajstić information content (AvgIpc) is 2.77. The topological polar surface area (TPSA) is 49.4 Å². The zero-order valence-corrected chi connectivity index (χ0v) is 20.1. The fourth-order valence-corrected chi connectivity index (χ4v) is 5.06. The minimum Gasteiger partial charge on any atom is -0.355 e. The Morgan fingerprint density at radius 3 is 2.47 bits per heavy atom. The second kappa shape index (κ2) is 11.0. The molecule has 3 rings (SSSR count). The Hall–Kier alpha value is -2.30. The maximum atomic E-state index is 13.8. The summed E-state index contributed by atoms with van der Waals surface area (Å²) in [6.45, 7) is 8.19. The predicted octanol–water partition coefficient (Wildman–Crippen LogP) is 6.16. The third-order valence-electron chi connectivity index (χ3n) is 6.14. The molecule has 4 atom stereocenters. The van der Waals surface area contributed by atoms with E-state index in [4.69, 9.17) is 23.2 Å². The molecular weight excluding hydrogens is 443 g/mol. The summed E-state index contributed by atoms with van der Waals surface area (Å²) < 4.78 is 0. The van der Waals surface area contributed by atoms with Crippen LogP contribution in [0, 0.1) is 5.92 Å². The summed E-state index contributed by atoms with van der Waals surface area (Å²) in [5, 5.41) is 4.19. The lowest BCUT2D eigenvalue weighted by Crippen LogP contribution is -2.56. The van der Waals surface area contributed by atoms with E-state index in [0.29, 0.717) is 35.9 Å². The van der Waals surface area contributed by atoms with Crippen molar-refractivity contribution >= 4 is 35.0 Å². The van der Waals surface area contributed by atoms with Crippen LogP contribution in [0.15, 0.2) is 61.2 Å². The Morgan fingerprint density at radius 2 is 1.88 bits per heavy atom. The van der Waals surface area contributed by atoms with Crippen LogP contribution in [0.1, 0.15) is 56.2 Å². The van der Waals surface area contributed by atoms with Gasteiger partial charge in [-0.25, -0.2) is 0 Å². The largest absolute Gasteiger partial charge is 0.355 e. The lowest BCUT2D eigenvalue weighted by atomic mass is 9.74. The van der Waals surface area contributed by atoms with Crippen molar-refractivity contribution in [1.82, 2.24) is 10.2 Å². The van der Waals surface area contributed by atoms with Crippen LogP contribution >= 0.6 is 23.2 Å². The molecule has 0 bridgehead atoms. The lowest BCUT2D eigenvalue weighted by molar-refractivity contribution is -0.152. The van der Waals surface area contributed by atoms with Gasteiger partial charge in [-0.3, -0.25) is 9.59 Å². The number of nitrogens with one attached hydrogen (secondary N) is 1. The van der Waals surface area contributed by atoms with Crippen molar-refractivity contribution < 1.29 is 9.59 Å². The van der Waals surface area contributed by atoms with E-state index in [9.17, 15) is 9.59 Å². The number of benzene rings is 2. The Morgan fingerprint density at radius 1 is 1.16 bits per heavy atom. The summed E-state index contributed by atoms with van der Waals surface area (Å²) in [6.07, 6.45) is 3.52. The molecule has 1 heterocycles. The van der Waals surface area contributed by atoms with Gasteiger partial charge >= 0.3 is 0 Å². The van der Waals surface area contributed by atoms with Crippen LogP contribution in [-0.2, 0) is 9.59 Å². The highest BCUT2D eigenvalue weighted by Gasteiger charge is 2.46. The number of amides is 2. The Balaban J connectivity index is 2.19. The normalized spacial score (nSPS) is 21.8. The fraction of sp³-hybridized carbons (Fsp3) is 0.385. The Labute approximate surface area is 200 Å². The van der Waals surface area contributed by atoms with Crippen LogP contribution in [0.3, 0.4) is 0 Å². The molecule has 32 heavy (non-hydrogen) atoms. The van der Waals surface area contributed by atoms with E-state index in [1.807, 2.05) is 62.4 Å². The van der Waals surface area contributed by atoms with Crippen LogP contribution in [0.2, 0.25) is 10.0 Å². The molecule has 0 saturated carbocycles. The number of piperidine rings is 1. The van der Waals surface area contributed by atoms with Crippen molar-refractivity contribution in [2.24, 2.45) is 5.92 Å². The number of hydrogen-bond donors (Lipinski definition) is 1. The van der Waals surface area contributed by atoms with Gasteiger partial charge in [-0.1, -0.05) is 60.5 Å². The number of rotatable bonds is 8. The Kier molecular flexibility index (Phi) is 8.38. The number of nitrogens with zero attached hydrogens (tertiary/aromatic N) is 1. The van der Waals surface area contributed by atoms with Crippen molar-refractivity contribution in [3.05, 3.63) is 82.4 Å². The predicted molar refractivity (Wildman–Crippen MR) is 131 cm³/mol. The van der Waals surface area contributed by atoms with Gasteiger partial charge in [0.25, 0.3) is 0 Å². The molecule has 2 aromatic carbocycles. The van der Waals surface area contributed by atoms with Gasteiger partial charge in [-0.15, -0.1) is 6.58 Å². The van der Waals surface area contributed by atoms with Gasteiger partial charge in [0.15, 0.2) is 0 Å². The van der Waals surface area contributed by atoms with Gasteiger partial charge in [0.1, 0.15) is 6.04 Å². The van der Waals surface area contributed by atoms with Crippen molar-refractivity contribution in [2.75, 3.05) is 6.54 Å². The SMILES string of the molecule is C=CC[C@H]1C[C@H](c2cccc(Cl)c2)[C@@H](c2ccc(Cl)cc2)N(C(CC)C(=O)NCC)C1=O. The standard InChI is InChI=1S/C26H30Cl2N2O2/c1-4-8-19-16-22(18-9-7-10-21(28)15-18)24(17-11-13-20(27)14-12-17)30(26(19)32)23(5-2)25(31)29-6-3/h4,7,9-15,19,22-24H,1,5-6,8,16H2,2-3H3,(H,29,31)/t19-,22+,23?,24+/m0/s1. The molecule has 1 saturated heterocycles. The maximum Gasteiger partial charge on any atom is 0.242 e. The lowest BCUT2D eigenvalue weighted by Gasteiger charge is -2.47. The van der Waals surface area contributed by atoms with E-state index < -0.39 is 6.04 Å². The molecule has 170 valence electrons. The van der Waals surface area contributed by atoms with Crippen LogP contribution < -0.4 is 5.32 Å². The van der Waals surface area contributed by atoms with Crippen LogP contribution in [0.4, 0.5) is 0 Å². The molecule has 1 unspecified atom stereocenters. The third-order valence-corrected chi connectivity index (χ3v) is 6.63. The number of halogens is 2. The molecule has 2 aromatic rings. The monoisotopic (exact) mass is 472 g/mol. The Bertz CT molecular complexity index is 961. The zero-order valence-electron chi connectivity index (χ0n) is 18.6. The summed E-state index contributed by atoms with van der Waals surface area (Å²) >= 11 is 12.5. The molecule has 4 nitrogen and oxygen atoms in total.